The number of rotatable bonds is 14. The molecule has 0 rings (SSSR count). The molecule has 0 unspecified atom stereocenters. The number of nitrogens with zero attached hydrogens (tertiary/aromatic N) is 1. The maximum atomic E-state index is 11.4. The average Bonchev–Trinajstić information content (AvgIpc) is 2.43. The Morgan fingerprint density at radius 3 is 2.10 bits per heavy atom. The highest BCUT2D eigenvalue weighted by atomic mass is 16.5. The van der Waals surface area contributed by atoms with Crippen molar-refractivity contribution in [1.29, 1.82) is 0 Å². The van der Waals surface area contributed by atoms with Gasteiger partial charge in [-0.05, 0) is 13.5 Å². The molecule has 0 bridgehead atoms. The van der Waals surface area contributed by atoms with Gasteiger partial charge in [-0.25, -0.2) is 0 Å². The monoisotopic (exact) mass is 287 g/mol. The fourth-order valence-corrected chi connectivity index (χ4v) is 2.07. The third kappa shape index (κ3) is 13.8. The molecule has 0 aliphatic carbocycles. The first-order valence-corrected chi connectivity index (χ1v) is 8.15. The van der Waals surface area contributed by atoms with Crippen molar-refractivity contribution in [1.82, 2.24) is 4.90 Å². The van der Waals surface area contributed by atoms with E-state index in [-0.39, 0.29) is 19.3 Å². The fraction of sp³-hybridized carbons (Fsp3) is 0.938. The van der Waals surface area contributed by atoms with Gasteiger partial charge in [0.2, 0.25) is 0 Å². The summed E-state index contributed by atoms with van der Waals surface area (Å²) in [6.07, 6.45) is 11.8. The molecule has 1 N–H and O–H groups in total. The van der Waals surface area contributed by atoms with Crippen LogP contribution in [-0.2, 0) is 9.53 Å². The minimum atomic E-state index is -0.127. The van der Waals surface area contributed by atoms with Crippen molar-refractivity contribution in [3.05, 3.63) is 0 Å². The lowest BCUT2D eigenvalue weighted by Crippen LogP contribution is -2.26. The van der Waals surface area contributed by atoms with Crippen LogP contribution in [-0.4, -0.2) is 42.9 Å². The molecule has 120 valence electrons. The van der Waals surface area contributed by atoms with Gasteiger partial charge in [-0.3, -0.25) is 9.69 Å². The van der Waals surface area contributed by atoms with Crippen molar-refractivity contribution in [2.45, 2.75) is 71.1 Å². The van der Waals surface area contributed by atoms with Crippen LogP contribution in [0.15, 0.2) is 0 Å². The van der Waals surface area contributed by atoms with Crippen molar-refractivity contribution < 1.29 is 14.6 Å². The van der Waals surface area contributed by atoms with Crippen molar-refractivity contribution in [2.24, 2.45) is 0 Å². The Kier molecular flexibility index (Phi) is 14.3. The first-order valence-electron chi connectivity index (χ1n) is 8.15. The Hall–Kier alpha value is -0.610. The summed E-state index contributed by atoms with van der Waals surface area (Å²) in [4.78, 5) is 13.2. The SMILES string of the molecule is CCCCCCCCCCCC(=O)OCN(C)CCO. The number of unbranched alkanes of at least 4 members (excludes halogenated alkanes) is 8. The van der Waals surface area contributed by atoms with E-state index in [2.05, 4.69) is 6.92 Å². The summed E-state index contributed by atoms with van der Waals surface area (Å²) in [5.74, 6) is -0.127. The van der Waals surface area contributed by atoms with E-state index in [0.29, 0.717) is 13.0 Å². The Morgan fingerprint density at radius 2 is 1.55 bits per heavy atom. The number of aliphatic hydroxyl groups is 1. The van der Waals surface area contributed by atoms with E-state index in [4.69, 9.17) is 9.84 Å². The number of carbonyl (C=O) groups is 1. The van der Waals surface area contributed by atoms with E-state index in [1.165, 1.54) is 44.9 Å². The van der Waals surface area contributed by atoms with Gasteiger partial charge in [0.1, 0.15) is 6.73 Å². The summed E-state index contributed by atoms with van der Waals surface area (Å²) in [6, 6.07) is 0. The maximum Gasteiger partial charge on any atom is 0.307 e. The molecule has 4 heteroatoms. The molecule has 0 aromatic carbocycles. The first-order chi connectivity index (χ1) is 9.70. The van der Waals surface area contributed by atoms with Gasteiger partial charge in [0.25, 0.3) is 0 Å². The summed E-state index contributed by atoms with van der Waals surface area (Å²) in [5.41, 5.74) is 0. The van der Waals surface area contributed by atoms with Gasteiger partial charge in [0.05, 0.1) is 6.61 Å². The summed E-state index contributed by atoms with van der Waals surface area (Å²) in [6.45, 7) is 3.13. The van der Waals surface area contributed by atoms with Crippen LogP contribution in [0.3, 0.4) is 0 Å². The largest absolute Gasteiger partial charge is 0.449 e. The number of hydrogen-bond acceptors (Lipinski definition) is 4. The van der Waals surface area contributed by atoms with Gasteiger partial charge < -0.3 is 9.84 Å². The van der Waals surface area contributed by atoms with E-state index < -0.39 is 0 Å². The zero-order valence-corrected chi connectivity index (χ0v) is 13.4. The van der Waals surface area contributed by atoms with Crippen molar-refractivity contribution in [3.63, 3.8) is 0 Å². The van der Waals surface area contributed by atoms with Crippen LogP contribution in [0.25, 0.3) is 0 Å². The van der Waals surface area contributed by atoms with Crippen molar-refractivity contribution in [2.75, 3.05) is 26.9 Å². The minimum absolute atomic E-state index is 0.0896. The molecule has 0 amide bonds. The van der Waals surface area contributed by atoms with E-state index in [1.807, 2.05) is 7.05 Å². The first kappa shape index (κ1) is 19.4. The molecule has 0 aromatic heterocycles. The molecule has 0 aliphatic rings. The molecule has 0 saturated heterocycles. The smallest absolute Gasteiger partial charge is 0.307 e. The zero-order chi connectivity index (χ0) is 15.1. The Labute approximate surface area is 124 Å². The minimum Gasteiger partial charge on any atom is -0.449 e. The summed E-state index contributed by atoms with van der Waals surface area (Å²) >= 11 is 0. The van der Waals surface area contributed by atoms with E-state index >= 15 is 0 Å². The third-order valence-electron chi connectivity index (χ3n) is 3.41. The lowest BCUT2D eigenvalue weighted by molar-refractivity contribution is -0.148. The van der Waals surface area contributed by atoms with Gasteiger partial charge in [-0.1, -0.05) is 58.3 Å². The molecule has 0 aliphatic heterocycles. The lowest BCUT2D eigenvalue weighted by Gasteiger charge is -2.14. The molecule has 20 heavy (non-hydrogen) atoms. The molecule has 4 nitrogen and oxygen atoms in total. The molecule has 0 atom stereocenters. The summed E-state index contributed by atoms with van der Waals surface area (Å²) in [7, 11) is 1.82. The van der Waals surface area contributed by atoms with Crippen LogP contribution in [0.1, 0.15) is 71.1 Å². The number of ether oxygens (including phenoxy) is 1. The highest BCUT2D eigenvalue weighted by molar-refractivity contribution is 5.69. The maximum absolute atomic E-state index is 11.4. The van der Waals surface area contributed by atoms with E-state index in [0.717, 1.165) is 12.8 Å². The van der Waals surface area contributed by atoms with Gasteiger partial charge in [0.15, 0.2) is 0 Å². The Morgan fingerprint density at radius 1 is 1.00 bits per heavy atom. The normalized spacial score (nSPS) is 11.0. The Bertz CT molecular complexity index is 222. The van der Waals surface area contributed by atoms with Gasteiger partial charge in [-0.2, -0.15) is 0 Å². The number of likely N-dealkylation sites (N-methyl/N-ethyl adjacent to an activating group) is 1. The van der Waals surface area contributed by atoms with Gasteiger partial charge in [0, 0.05) is 13.0 Å². The molecular weight excluding hydrogens is 254 g/mol. The predicted molar refractivity (Wildman–Crippen MR) is 82.5 cm³/mol. The van der Waals surface area contributed by atoms with Crippen molar-refractivity contribution >= 4 is 5.97 Å². The quantitative estimate of drug-likeness (QED) is 0.302. The lowest BCUT2D eigenvalue weighted by atomic mass is 10.1. The second kappa shape index (κ2) is 14.8. The highest BCUT2D eigenvalue weighted by Gasteiger charge is 2.04. The second-order valence-electron chi connectivity index (χ2n) is 5.53. The van der Waals surface area contributed by atoms with Crippen LogP contribution in [0, 0.1) is 0 Å². The molecule has 0 radical (unpaired) electrons. The molecule has 0 aromatic rings. The molecule has 0 heterocycles. The molecule has 0 spiro atoms. The number of aliphatic hydroxyl groups excluding tert-OH is 1. The molecule has 0 fully saturated rings. The standard InChI is InChI=1S/C16H33NO3/c1-3-4-5-6-7-8-9-10-11-12-16(19)20-15-17(2)13-14-18/h18H,3-15H2,1-2H3. The van der Waals surface area contributed by atoms with E-state index in [1.54, 1.807) is 4.90 Å². The number of esters is 1. The van der Waals surface area contributed by atoms with Crippen LogP contribution < -0.4 is 0 Å². The van der Waals surface area contributed by atoms with E-state index in [9.17, 15) is 4.79 Å². The van der Waals surface area contributed by atoms with Crippen molar-refractivity contribution in [3.8, 4) is 0 Å². The van der Waals surface area contributed by atoms with Crippen LogP contribution in [0.5, 0.6) is 0 Å². The van der Waals surface area contributed by atoms with Crippen LogP contribution in [0.2, 0.25) is 0 Å². The molecule has 0 saturated carbocycles. The average molecular weight is 287 g/mol. The number of hydrogen-bond donors (Lipinski definition) is 1. The van der Waals surface area contributed by atoms with Crippen LogP contribution >= 0.6 is 0 Å². The van der Waals surface area contributed by atoms with Gasteiger partial charge in [-0.15, -0.1) is 0 Å². The molecular formula is C16H33NO3. The second-order valence-corrected chi connectivity index (χ2v) is 5.53. The topological polar surface area (TPSA) is 49.8 Å². The fourth-order valence-electron chi connectivity index (χ4n) is 2.07. The Balaban J connectivity index is 3.23. The number of carbonyl (C=O) groups excluding carboxylic acids is 1. The zero-order valence-electron chi connectivity index (χ0n) is 13.4. The third-order valence-corrected chi connectivity index (χ3v) is 3.41. The predicted octanol–water partition coefficient (Wildman–Crippen LogP) is 3.33. The van der Waals surface area contributed by atoms with Gasteiger partial charge >= 0.3 is 5.97 Å². The summed E-state index contributed by atoms with van der Waals surface area (Å²) < 4.78 is 5.10. The van der Waals surface area contributed by atoms with Crippen LogP contribution in [0.4, 0.5) is 0 Å². The highest BCUT2D eigenvalue weighted by Crippen LogP contribution is 2.10. The summed E-state index contributed by atoms with van der Waals surface area (Å²) in [5, 5.41) is 8.71.